The van der Waals surface area contributed by atoms with Crippen LogP contribution in [-0.2, 0) is 24.2 Å². The lowest BCUT2D eigenvalue weighted by Crippen LogP contribution is -2.15. The van der Waals surface area contributed by atoms with Crippen molar-refractivity contribution in [2.45, 2.75) is 38.6 Å². The van der Waals surface area contributed by atoms with Crippen LogP contribution >= 0.6 is 11.6 Å². The summed E-state index contributed by atoms with van der Waals surface area (Å²) >= 11 is 6.41. The molecule has 144 valence electrons. The number of nitrogens with zero attached hydrogens (tertiary/aromatic N) is 3. The van der Waals surface area contributed by atoms with E-state index in [1.165, 1.54) is 12.5 Å². The molecule has 1 aliphatic rings. The standard InChI is InChI=1S/C21H20ClFN4O/c22-17-10-9-15(24-20(28)12-14-6-3-4-7-18(14)23)13-16(17)21-26-25-19-8-2-1-5-11-27(19)21/h3-4,6-7,9-10,13H,1-2,5,8,11-12H2,(H,24,28). The summed E-state index contributed by atoms with van der Waals surface area (Å²) in [4.78, 5) is 12.4. The van der Waals surface area contributed by atoms with Gasteiger partial charge >= 0.3 is 0 Å². The summed E-state index contributed by atoms with van der Waals surface area (Å²) < 4.78 is 15.9. The van der Waals surface area contributed by atoms with Crippen LogP contribution in [0.25, 0.3) is 11.4 Å². The van der Waals surface area contributed by atoms with E-state index in [4.69, 9.17) is 11.6 Å². The Morgan fingerprint density at radius 1 is 1.14 bits per heavy atom. The van der Waals surface area contributed by atoms with Gasteiger partial charge in [-0.25, -0.2) is 4.39 Å². The highest BCUT2D eigenvalue weighted by Crippen LogP contribution is 2.31. The summed E-state index contributed by atoms with van der Waals surface area (Å²) in [6.07, 6.45) is 4.23. The molecule has 0 bridgehead atoms. The average molecular weight is 399 g/mol. The fraction of sp³-hybridized carbons (Fsp3) is 0.286. The second-order valence-corrected chi connectivity index (χ2v) is 7.32. The topological polar surface area (TPSA) is 59.8 Å². The Hall–Kier alpha value is -2.73. The molecule has 2 heterocycles. The lowest BCUT2D eigenvalue weighted by molar-refractivity contribution is -0.115. The van der Waals surface area contributed by atoms with Gasteiger partial charge in [0, 0.05) is 24.2 Å². The van der Waals surface area contributed by atoms with Crippen LogP contribution in [0, 0.1) is 5.82 Å². The van der Waals surface area contributed by atoms with E-state index in [1.807, 2.05) is 0 Å². The fourth-order valence-corrected chi connectivity index (χ4v) is 3.68. The molecule has 0 radical (unpaired) electrons. The molecule has 5 nitrogen and oxygen atoms in total. The molecule has 0 saturated carbocycles. The molecule has 28 heavy (non-hydrogen) atoms. The predicted octanol–water partition coefficient (Wildman–Crippen LogP) is 4.65. The molecule has 1 N–H and O–H groups in total. The normalized spacial score (nSPS) is 13.6. The SMILES string of the molecule is O=C(Cc1ccccc1F)Nc1ccc(Cl)c(-c2nnc3n2CCCCC3)c1. The molecular weight excluding hydrogens is 379 g/mol. The van der Waals surface area contributed by atoms with Crippen molar-refractivity contribution >= 4 is 23.2 Å². The van der Waals surface area contributed by atoms with E-state index in [1.54, 1.807) is 36.4 Å². The van der Waals surface area contributed by atoms with E-state index in [0.717, 1.165) is 37.2 Å². The zero-order valence-electron chi connectivity index (χ0n) is 15.3. The van der Waals surface area contributed by atoms with Crippen molar-refractivity contribution in [3.63, 3.8) is 0 Å². The van der Waals surface area contributed by atoms with Crippen LogP contribution < -0.4 is 5.32 Å². The van der Waals surface area contributed by atoms with Gasteiger partial charge in [-0.3, -0.25) is 4.79 Å². The molecule has 0 spiro atoms. The molecule has 0 aliphatic carbocycles. The lowest BCUT2D eigenvalue weighted by Gasteiger charge is -2.11. The molecule has 1 amide bonds. The molecule has 0 fully saturated rings. The monoisotopic (exact) mass is 398 g/mol. The van der Waals surface area contributed by atoms with Crippen molar-refractivity contribution < 1.29 is 9.18 Å². The number of aryl methyl sites for hydroxylation is 1. The van der Waals surface area contributed by atoms with Crippen LogP contribution in [0.5, 0.6) is 0 Å². The van der Waals surface area contributed by atoms with Crippen molar-refractivity contribution in [2.75, 3.05) is 5.32 Å². The van der Waals surface area contributed by atoms with Crippen LogP contribution in [0.3, 0.4) is 0 Å². The zero-order chi connectivity index (χ0) is 19.5. The average Bonchev–Trinajstić information content (AvgIpc) is 2.93. The zero-order valence-corrected chi connectivity index (χ0v) is 16.0. The Labute approximate surface area is 167 Å². The van der Waals surface area contributed by atoms with Crippen molar-refractivity contribution in [1.82, 2.24) is 14.8 Å². The number of amides is 1. The summed E-state index contributed by atoms with van der Waals surface area (Å²) in [6.45, 7) is 0.859. The number of hydrogen-bond donors (Lipinski definition) is 1. The van der Waals surface area contributed by atoms with Gasteiger partial charge in [0.05, 0.1) is 11.4 Å². The van der Waals surface area contributed by atoms with Crippen molar-refractivity contribution in [3.05, 3.63) is 64.7 Å². The van der Waals surface area contributed by atoms with Gasteiger partial charge in [0.2, 0.25) is 5.91 Å². The van der Waals surface area contributed by atoms with Crippen LogP contribution in [0.4, 0.5) is 10.1 Å². The van der Waals surface area contributed by atoms with Crippen LogP contribution in [0.2, 0.25) is 5.02 Å². The number of anilines is 1. The fourth-order valence-electron chi connectivity index (χ4n) is 3.48. The summed E-state index contributed by atoms with van der Waals surface area (Å²) in [6, 6.07) is 11.5. The molecule has 2 aromatic carbocycles. The molecule has 3 aromatic rings. The first kappa shape index (κ1) is 18.6. The predicted molar refractivity (Wildman–Crippen MR) is 107 cm³/mol. The highest BCUT2D eigenvalue weighted by molar-refractivity contribution is 6.33. The molecular formula is C21H20ClFN4O. The van der Waals surface area contributed by atoms with Gasteiger partial charge in [0.1, 0.15) is 11.6 Å². The minimum Gasteiger partial charge on any atom is -0.326 e. The summed E-state index contributed by atoms with van der Waals surface area (Å²) in [5.41, 5.74) is 1.68. The maximum atomic E-state index is 13.8. The third-order valence-electron chi connectivity index (χ3n) is 4.91. The Balaban J connectivity index is 1.57. The number of halogens is 2. The molecule has 0 unspecified atom stereocenters. The van der Waals surface area contributed by atoms with E-state index in [0.29, 0.717) is 22.1 Å². The summed E-state index contributed by atoms with van der Waals surface area (Å²) in [5.74, 6) is 1.00. The van der Waals surface area contributed by atoms with Gasteiger partial charge in [0.15, 0.2) is 5.82 Å². The van der Waals surface area contributed by atoms with Crippen LogP contribution in [-0.4, -0.2) is 20.7 Å². The summed E-state index contributed by atoms with van der Waals surface area (Å²) in [5, 5.41) is 12.0. The van der Waals surface area contributed by atoms with Crippen molar-refractivity contribution in [3.8, 4) is 11.4 Å². The second kappa shape index (κ2) is 8.10. The Morgan fingerprint density at radius 2 is 2.00 bits per heavy atom. The summed E-state index contributed by atoms with van der Waals surface area (Å²) in [7, 11) is 0. The largest absolute Gasteiger partial charge is 0.326 e. The lowest BCUT2D eigenvalue weighted by atomic mass is 10.1. The van der Waals surface area contributed by atoms with Gasteiger partial charge in [-0.1, -0.05) is 36.2 Å². The number of benzene rings is 2. The third-order valence-corrected chi connectivity index (χ3v) is 5.24. The maximum absolute atomic E-state index is 13.8. The van der Waals surface area contributed by atoms with Gasteiger partial charge in [0.25, 0.3) is 0 Å². The van der Waals surface area contributed by atoms with E-state index < -0.39 is 0 Å². The minimum absolute atomic E-state index is 0.0367. The van der Waals surface area contributed by atoms with Gasteiger partial charge in [-0.05, 0) is 42.7 Å². The minimum atomic E-state index is -0.388. The Morgan fingerprint density at radius 3 is 2.86 bits per heavy atom. The molecule has 7 heteroatoms. The van der Waals surface area contributed by atoms with Crippen molar-refractivity contribution in [1.29, 1.82) is 0 Å². The van der Waals surface area contributed by atoms with Gasteiger partial charge < -0.3 is 9.88 Å². The molecule has 1 aromatic heterocycles. The number of hydrogen-bond acceptors (Lipinski definition) is 3. The smallest absolute Gasteiger partial charge is 0.228 e. The van der Waals surface area contributed by atoms with Gasteiger partial charge in [-0.15, -0.1) is 10.2 Å². The first-order valence-electron chi connectivity index (χ1n) is 9.37. The quantitative estimate of drug-likeness (QED) is 0.696. The highest BCUT2D eigenvalue weighted by atomic mass is 35.5. The Kier molecular flexibility index (Phi) is 5.39. The van der Waals surface area contributed by atoms with Crippen LogP contribution in [0.15, 0.2) is 42.5 Å². The first-order valence-corrected chi connectivity index (χ1v) is 9.75. The van der Waals surface area contributed by atoms with Crippen molar-refractivity contribution in [2.24, 2.45) is 0 Å². The van der Waals surface area contributed by atoms with Crippen LogP contribution in [0.1, 0.15) is 30.7 Å². The first-order chi connectivity index (χ1) is 13.6. The second-order valence-electron chi connectivity index (χ2n) is 6.91. The molecule has 1 aliphatic heterocycles. The molecule has 0 saturated heterocycles. The Bertz CT molecular complexity index is 1020. The number of rotatable bonds is 4. The number of aromatic nitrogens is 3. The van der Waals surface area contributed by atoms with Gasteiger partial charge in [-0.2, -0.15) is 0 Å². The number of carbonyl (C=O) groups excluding carboxylic acids is 1. The number of fused-ring (bicyclic) bond motifs is 1. The number of nitrogens with one attached hydrogen (secondary N) is 1. The van der Waals surface area contributed by atoms with E-state index in [2.05, 4.69) is 20.1 Å². The highest BCUT2D eigenvalue weighted by Gasteiger charge is 2.18. The third kappa shape index (κ3) is 3.92. The van der Waals surface area contributed by atoms with E-state index in [-0.39, 0.29) is 18.1 Å². The maximum Gasteiger partial charge on any atom is 0.228 e. The molecule has 0 atom stereocenters. The van der Waals surface area contributed by atoms with E-state index >= 15 is 0 Å². The number of carbonyl (C=O) groups is 1. The molecule has 4 rings (SSSR count). The van der Waals surface area contributed by atoms with E-state index in [9.17, 15) is 9.18 Å².